The lowest BCUT2D eigenvalue weighted by molar-refractivity contribution is -0.122. The van der Waals surface area contributed by atoms with Crippen LogP contribution in [0.4, 0.5) is 0 Å². The molecule has 1 unspecified atom stereocenters. The van der Waals surface area contributed by atoms with Crippen LogP contribution in [0.5, 0.6) is 11.5 Å². The zero-order valence-corrected chi connectivity index (χ0v) is 17.8. The Morgan fingerprint density at radius 2 is 1.93 bits per heavy atom. The van der Waals surface area contributed by atoms with Crippen molar-refractivity contribution >= 4 is 11.5 Å². The quantitative estimate of drug-likeness (QED) is 0.817. The van der Waals surface area contributed by atoms with Crippen LogP contribution in [0.15, 0.2) is 71.6 Å². The number of ether oxygens (including phenoxy) is 2. The van der Waals surface area contributed by atoms with E-state index in [4.69, 9.17) is 9.47 Å². The standard InChI is InChI=1S/C25H28N2O3/c1-17-6-9-21-10-7-20(19-5-4-12-26-15-19)16-27(21)25(28)14-22(17)18-8-11-23(29-2)24(13-18)30-3/h5,7-11,13-14,16-17,26H,4,6,12,15H2,1-3H3. The zero-order chi connectivity index (χ0) is 21.1. The molecule has 0 spiro atoms. The summed E-state index contributed by atoms with van der Waals surface area (Å²) in [5.74, 6) is 1.50. The third kappa shape index (κ3) is 3.98. The van der Waals surface area contributed by atoms with Crippen LogP contribution in [0.25, 0.3) is 5.57 Å². The Labute approximate surface area is 178 Å². The maximum absolute atomic E-state index is 13.3. The highest BCUT2D eigenvalue weighted by Gasteiger charge is 2.24. The SMILES string of the molecule is COc1ccc(C2=CC(=O)N3C=C(C4=CCCNC4)C=CC3=CCC2C)cc1OC. The number of hydrogen-bond acceptors (Lipinski definition) is 4. The van der Waals surface area contributed by atoms with Crippen molar-refractivity contribution in [2.24, 2.45) is 5.92 Å². The topological polar surface area (TPSA) is 50.8 Å². The minimum absolute atomic E-state index is 0.0381. The van der Waals surface area contributed by atoms with E-state index in [2.05, 4.69) is 30.5 Å². The van der Waals surface area contributed by atoms with Gasteiger partial charge in [-0.1, -0.05) is 31.2 Å². The van der Waals surface area contributed by atoms with Crippen molar-refractivity contribution in [3.8, 4) is 11.5 Å². The van der Waals surface area contributed by atoms with Crippen LogP contribution in [0.2, 0.25) is 0 Å². The molecule has 30 heavy (non-hydrogen) atoms. The molecule has 4 rings (SSSR count). The molecule has 3 heterocycles. The van der Waals surface area contributed by atoms with Crippen molar-refractivity contribution in [2.75, 3.05) is 27.3 Å². The summed E-state index contributed by atoms with van der Waals surface area (Å²) in [4.78, 5) is 15.0. The summed E-state index contributed by atoms with van der Waals surface area (Å²) < 4.78 is 10.8. The molecule has 0 saturated heterocycles. The molecule has 1 atom stereocenters. The predicted molar refractivity (Wildman–Crippen MR) is 119 cm³/mol. The second-order valence-electron chi connectivity index (χ2n) is 7.76. The van der Waals surface area contributed by atoms with E-state index in [-0.39, 0.29) is 11.8 Å². The Kier molecular flexibility index (Phi) is 5.91. The lowest BCUT2D eigenvalue weighted by Crippen LogP contribution is -2.28. The van der Waals surface area contributed by atoms with E-state index >= 15 is 0 Å². The number of rotatable bonds is 4. The van der Waals surface area contributed by atoms with Crippen LogP contribution in [-0.2, 0) is 4.79 Å². The molecule has 5 heteroatoms. The highest BCUT2D eigenvalue weighted by molar-refractivity contribution is 5.98. The Morgan fingerprint density at radius 1 is 1.10 bits per heavy atom. The molecule has 156 valence electrons. The second-order valence-corrected chi connectivity index (χ2v) is 7.76. The first-order valence-electron chi connectivity index (χ1n) is 10.4. The van der Waals surface area contributed by atoms with Gasteiger partial charge in [-0.05, 0) is 65.8 Å². The van der Waals surface area contributed by atoms with Gasteiger partial charge in [-0.25, -0.2) is 0 Å². The third-order valence-electron chi connectivity index (χ3n) is 5.82. The van der Waals surface area contributed by atoms with Crippen molar-refractivity contribution < 1.29 is 14.3 Å². The summed E-state index contributed by atoms with van der Waals surface area (Å²) in [6.45, 7) is 3.99. The fourth-order valence-electron chi connectivity index (χ4n) is 4.08. The molecule has 3 aliphatic heterocycles. The molecule has 1 N–H and O–H groups in total. The van der Waals surface area contributed by atoms with Gasteiger partial charge in [-0.2, -0.15) is 0 Å². The van der Waals surface area contributed by atoms with Crippen molar-refractivity contribution in [1.29, 1.82) is 0 Å². The highest BCUT2D eigenvalue weighted by atomic mass is 16.5. The van der Waals surface area contributed by atoms with Crippen LogP contribution in [0, 0.1) is 5.92 Å². The summed E-state index contributed by atoms with van der Waals surface area (Å²) in [5.41, 5.74) is 5.23. The second kappa shape index (κ2) is 8.76. The zero-order valence-electron chi connectivity index (χ0n) is 17.8. The largest absolute Gasteiger partial charge is 0.493 e. The Morgan fingerprint density at radius 3 is 2.67 bits per heavy atom. The van der Waals surface area contributed by atoms with E-state index in [9.17, 15) is 4.79 Å². The highest BCUT2D eigenvalue weighted by Crippen LogP contribution is 2.36. The van der Waals surface area contributed by atoms with Gasteiger partial charge in [0.2, 0.25) is 0 Å². The fraction of sp³-hybridized carbons (Fsp3) is 0.320. The van der Waals surface area contributed by atoms with E-state index in [1.807, 2.05) is 30.5 Å². The van der Waals surface area contributed by atoms with Gasteiger partial charge in [-0.15, -0.1) is 0 Å². The first-order chi connectivity index (χ1) is 14.6. The van der Waals surface area contributed by atoms with Gasteiger partial charge in [0, 0.05) is 24.5 Å². The van der Waals surface area contributed by atoms with Gasteiger partial charge >= 0.3 is 0 Å². The molecular weight excluding hydrogens is 376 g/mol. The number of methoxy groups -OCH3 is 2. The van der Waals surface area contributed by atoms with Crippen LogP contribution in [0.1, 0.15) is 25.3 Å². The first kappa shape index (κ1) is 20.2. The Balaban J connectivity index is 1.69. The van der Waals surface area contributed by atoms with Gasteiger partial charge < -0.3 is 14.8 Å². The van der Waals surface area contributed by atoms with E-state index in [1.54, 1.807) is 25.2 Å². The smallest absolute Gasteiger partial charge is 0.255 e. The van der Waals surface area contributed by atoms with Gasteiger partial charge in [0.05, 0.1) is 14.2 Å². The normalized spacial score (nSPS) is 21.5. The van der Waals surface area contributed by atoms with Gasteiger partial charge in [0.15, 0.2) is 11.5 Å². The van der Waals surface area contributed by atoms with Gasteiger partial charge in [0.1, 0.15) is 0 Å². The molecule has 1 aromatic carbocycles. The predicted octanol–water partition coefficient (Wildman–Crippen LogP) is 4.21. The summed E-state index contributed by atoms with van der Waals surface area (Å²) >= 11 is 0. The number of benzene rings is 1. The van der Waals surface area contributed by atoms with Crippen molar-refractivity contribution in [1.82, 2.24) is 10.2 Å². The Bertz CT molecular complexity index is 998. The maximum atomic E-state index is 13.3. The summed E-state index contributed by atoms with van der Waals surface area (Å²) in [6.07, 6.45) is 14.1. The fourth-order valence-corrected chi connectivity index (χ4v) is 4.08. The molecule has 0 radical (unpaired) electrons. The van der Waals surface area contributed by atoms with Crippen LogP contribution < -0.4 is 14.8 Å². The third-order valence-corrected chi connectivity index (χ3v) is 5.82. The molecule has 0 saturated carbocycles. The number of fused-ring (bicyclic) bond motifs is 1. The molecule has 3 aliphatic rings. The number of nitrogens with zero attached hydrogens (tertiary/aromatic N) is 1. The minimum Gasteiger partial charge on any atom is -0.493 e. The van der Waals surface area contributed by atoms with Crippen molar-refractivity contribution in [3.63, 3.8) is 0 Å². The van der Waals surface area contributed by atoms with Gasteiger partial charge in [0.25, 0.3) is 5.91 Å². The molecular formula is C25H28N2O3. The lowest BCUT2D eigenvalue weighted by Gasteiger charge is -2.28. The number of carbonyl (C=O) groups excluding carboxylic acids is 1. The average Bonchev–Trinajstić information content (AvgIpc) is 2.80. The van der Waals surface area contributed by atoms with Crippen LogP contribution in [0.3, 0.4) is 0 Å². The molecule has 0 fully saturated rings. The van der Waals surface area contributed by atoms with Gasteiger partial charge in [-0.3, -0.25) is 9.69 Å². The van der Waals surface area contributed by atoms with Crippen LogP contribution >= 0.6 is 0 Å². The summed E-state index contributed by atoms with van der Waals surface area (Å²) in [6, 6.07) is 5.81. The average molecular weight is 405 g/mol. The number of carbonyl (C=O) groups is 1. The minimum atomic E-state index is -0.0381. The summed E-state index contributed by atoms with van der Waals surface area (Å²) in [7, 11) is 3.25. The molecule has 1 aromatic rings. The lowest BCUT2D eigenvalue weighted by atomic mass is 9.88. The molecule has 5 nitrogen and oxygen atoms in total. The molecule has 0 bridgehead atoms. The number of allylic oxidation sites excluding steroid dienone is 4. The first-order valence-corrected chi connectivity index (χ1v) is 10.4. The number of hydrogen-bond donors (Lipinski definition) is 1. The number of amides is 1. The van der Waals surface area contributed by atoms with E-state index in [0.29, 0.717) is 11.5 Å². The summed E-state index contributed by atoms with van der Waals surface area (Å²) in [5, 5.41) is 3.40. The van der Waals surface area contributed by atoms with Crippen LogP contribution in [-0.4, -0.2) is 38.1 Å². The maximum Gasteiger partial charge on any atom is 0.255 e. The molecule has 0 aromatic heterocycles. The number of nitrogens with one attached hydrogen (secondary N) is 1. The van der Waals surface area contributed by atoms with Crippen molar-refractivity contribution in [2.45, 2.75) is 19.8 Å². The monoisotopic (exact) mass is 404 g/mol. The van der Waals surface area contributed by atoms with E-state index in [0.717, 1.165) is 48.3 Å². The van der Waals surface area contributed by atoms with E-state index in [1.165, 1.54) is 5.57 Å². The van der Waals surface area contributed by atoms with E-state index < -0.39 is 0 Å². The molecule has 0 aliphatic carbocycles. The van der Waals surface area contributed by atoms with Crippen molar-refractivity contribution in [3.05, 3.63) is 77.2 Å². The Hall–Kier alpha value is -3.05. The molecule has 1 amide bonds.